The molecule has 2 aromatic carbocycles. The molecule has 1 aliphatic carbocycles. The minimum atomic E-state index is -0.552. The van der Waals surface area contributed by atoms with E-state index in [1.807, 2.05) is 57.2 Å². The molecule has 1 fully saturated rings. The topological polar surface area (TPSA) is 58.2 Å². The Kier molecular flexibility index (Phi) is 6.50. The third-order valence-corrected chi connectivity index (χ3v) is 5.70. The van der Waals surface area contributed by atoms with Gasteiger partial charge in [-0.1, -0.05) is 68.8 Å². The lowest BCUT2D eigenvalue weighted by Crippen LogP contribution is -2.52. The number of rotatable bonds is 6. The second-order valence-electron chi connectivity index (χ2n) is 8.07. The van der Waals surface area contributed by atoms with Gasteiger partial charge in [-0.05, 0) is 42.9 Å². The van der Waals surface area contributed by atoms with E-state index in [1.165, 1.54) is 5.56 Å². The van der Waals surface area contributed by atoms with Crippen molar-refractivity contribution >= 4 is 11.8 Å². The van der Waals surface area contributed by atoms with Crippen molar-refractivity contribution in [1.29, 1.82) is 0 Å². The number of amides is 2. The van der Waals surface area contributed by atoms with Crippen LogP contribution in [0.2, 0.25) is 0 Å². The van der Waals surface area contributed by atoms with Gasteiger partial charge in [0.05, 0.1) is 0 Å². The van der Waals surface area contributed by atoms with Crippen molar-refractivity contribution in [1.82, 2.24) is 10.6 Å². The molecule has 0 bridgehead atoms. The van der Waals surface area contributed by atoms with E-state index in [9.17, 15) is 9.59 Å². The first kappa shape index (κ1) is 20.1. The van der Waals surface area contributed by atoms with Crippen LogP contribution in [0, 0.1) is 12.8 Å². The Hall–Kier alpha value is -2.62. The van der Waals surface area contributed by atoms with Crippen molar-refractivity contribution in [3.05, 3.63) is 71.3 Å². The van der Waals surface area contributed by atoms with Crippen LogP contribution < -0.4 is 10.6 Å². The lowest BCUT2D eigenvalue weighted by molar-refractivity contribution is -0.124. The zero-order valence-corrected chi connectivity index (χ0v) is 16.9. The summed E-state index contributed by atoms with van der Waals surface area (Å²) in [5.74, 6) is 0.0531. The number of carbonyl (C=O) groups is 2. The molecule has 0 unspecified atom stereocenters. The lowest BCUT2D eigenvalue weighted by atomic mass is 9.93. The van der Waals surface area contributed by atoms with E-state index in [1.54, 1.807) is 6.07 Å². The van der Waals surface area contributed by atoms with Gasteiger partial charge in [-0.3, -0.25) is 9.59 Å². The molecule has 0 aromatic heterocycles. The Labute approximate surface area is 167 Å². The molecular formula is C24H30N2O2. The smallest absolute Gasteiger partial charge is 0.252 e. The number of hydrogen-bond donors (Lipinski definition) is 2. The molecule has 4 nitrogen and oxygen atoms in total. The zero-order chi connectivity index (χ0) is 20.1. The first-order valence-corrected chi connectivity index (χ1v) is 10.2. The van der Waals surface area contributed by atoms with E-state index >= 15 is 0 Å². The summed E-state index contributed by atoms with van der Waals surface area (Å²) in [6.07, 6.45) is 3.16. The lowest BCUT2D eigenvalue weighted by Gasteiger charge is -2.27. The number of hydrogen-bond acceptors (Lipinski definition) is 2. The molecule has 3 rings (SSSR count). The largest absolute Gasteiger partial charge is 0.351 e. The first-order valence-electron chi connectivity index (χ1n) is 10.2. The summed E-state index contributed by atoms with van der Waals surface area (Å²) in [6.45, 7) is 5.83. The van der Waals surface area contributed by atoms with Gasteiger partial charge in [-0.2, -0.15) is 0 Å². The maximum atomic E-state index is 13.0. The maximum Gasteiger partial charge on any atom is 0.252 e. The molecule has 0 saturated heterocycles. The second-order valence-corrected chi connectivity index (χ2v) is 8.07. The van der Waals surface area contributed by atoms with Gasteiger partial charge in [0, 0.05) is 17.5 Å². The fourth-order valence-corrected chi connectivity index (χ4v) is 4.09. The SMILES string of the molecule is Cc1ccccc1C(=O)N[C@H](C(=O)N[C@@H]1CCC[C@H]1c1ccccc1)C(C)C. The minimum Gasteiger partial charge on any atom is -0.351 e. The van der Waals surface area contributed by atoms with Crippen LogP contribution in [0.15, 0.2) is 54.6 Å². The van der Waals surface area contributed by atoms with Crippen LogP contribution in [-0.4, -0.2) is 23.9 Å². The van der Waals surface area contributed by atoms with Gasteiger partial charge in [-0.15, -0.1) is 0 Å². The van der Waals surface area contributed by atoms with Crippen molar-refractivity contribution in [3.63, 3.8) is 0 Å². The van der Waals surface area contributed by atoms with Crippen molar-refractivity contribution in [2.75, 3.05) is 0 Å². The average Bonchev–Trinajstić information content (AvgIpc) is 3.14. The van der Waals surface area contributed by atoms with Gasteiger partial charge in [0.2, 0.25) is 5.91 Å². The van der Waals surface area contributed by atoms with Gasteiger partial charge in [0.25, 0.3) is 5.91 Å². The Morgan fingerprint density at radius 2 is 1.64 bits per heavy atom. The van der Waals surface area contributed by atoms with Crippen LogP contribution >= 0.6 is 0 Å². The van der Waals surface area contributed by atoms with Gasteiger partial charge in [-0.25, -0.2) is 0 Å². The molecule has 2 amide bonds. The molecule has 3 atom stereocenters. The van der Waals surface area contributed by atoms with Crippen molar-refractivity contribution in [2.24, 2.45) is 5.92 Å². The highest BCUT2D eigenvalue weighted by Gasteiger charge is 2.33. The first-order chi connectivity index (χ1) is 13.5. The van der Waals surface area contributed by atoms with Gasteiger partial charge >= 0.3 is 0 Å². The number of benzene rings is 2. The zero-order valence-electron chi connectivity index (χ0n) is 16.9. The van der Waals surface area contributed by atoms with Crippen molar-refractivity contribution < 1.29 is 9.59 Å². The molecule has 0 aliphatic heterocycles. The van der Waals surface area contributed by atoms with Crippen LogP contribution in [0.25, 0.3) is 0 Å². The standard InChI is InChI=1S/C24H30N2O2/c1-16(2)22(26-23(27)19-13-8-7-10-17(19)3)24(28)25-21-15-9-14-20(21)18-11-5-4-6-12-18/h4-8,10-13,16,20-22H,9,14-15H2,1-3H3,(H,25,28)(H,26,27)/t20-,21+,22-/m0/s1. The van der Waals surface area contributed by atoms with E-state index in [0.717, 1.165) is 24.8 Å². The Bertz CT molecular complexity index is 816. The fraction of sp³-hybridized carbons (Fsp3) is 0.417. The summed E-state index contributed by atoms with van der Waals surface area (Å²) >= 11 is 0. The van der Waals surface area contributed by atoms with Crippen LogP contribution in [0.4, 0.5) is 0 Å². The molecule has 2 aromatic rings. The van der Waals surface area contributed by atoms with E-state index in [-0.39, 0.29) is 23.8 Å². The summed E-state index contributed by atoms with van der Waals surface area (Å²) in [5.41, 5.74) is 2.79. The van der Waals surface area contributed by atoms with Crippen LogP contribution in [0.3, 0.4) is 0 Å². The maximum absolute atomic E-state index is 13.0. The number of aryl methyl sites for hydroxylation is 1. The van der Waals surface area contributed by atoms with Gasteiger partial charge < -0.3 is 10.6 Å². The third-order valence-electron chi connectivity index (χ3n) is 5.70. The summed E-state index contributed by atoms with van der Waals surface area (Å²) in [7, 11) is 0. The highest BCUT2D eigenvalue weighted by atomic mass is 16.2. The van der Waals surface area contributed by atoms with Crippen LogP contribution in [0.1, 0.15) is 60.5 Å². The van der Waals surface area contributed by atoms with Crippen LogP contribution in [0.5, 0.6) is 0 Å². The van der Waals surface area contributed by atoms with Crippen molar-refractivity contribution in [3.8, 4) is 0 Å². The summed E-state index contributed by atoms with van der Waals surface area (Å²) in [4.78, 5) is 25.8. The average molecular weight is 379 g/mol. The monoisotopic (exact) mass is 378 g/mol. The number of nitrogens with one attached hydrogen (secondary N) is 2. The van der Waals surface area contributed by atoms with E-state index in [2.05, 4.69) is 22.8 Å². The molecule has 28 heavy (non-hydrogen) atoms. The van der Waals surface area contributed by atoms with Gasteiger partial charge in [0.15, 0.2) is 0 Å². The fourth-order valence-electron chi connectivity index (χ4n) is 4.09. The third kappa shape index (κ3) is 4.61. The highest BCUT2D eigenvalue weighted by molar-refractivity contribution is 5.98. The predicted octanol–water partition coefficient (Wildman–Crippen LogP) is 4.20. The highest BCUT2D eigenvalue weighted by Crippen LogP contribution is 2.34. The summed E-state index contributed by atoms with van der Waals surface area (Å²) in [5, 5.41) is 6.18. The van der Waals surface area contributed by atoms with E-state index < -0.39 is 6.04 Å². The minimum absolute atomic E-state index is 0.00421. The van der Waals surface area contributed by atoms with Crippen molar-refractivity contribution in [2.45, 2.75) is 58.0 Å². The Morgan fingerprint density at radius 1 is 0.964 bits per heavy atom. The van der Waals surface area contributed by atoms with E-state index in [0.29, 0.717) is 11.5 Å². The van der Waals surface area contributed by atoms with E-state index in [4.69, 9.17) is 0 Å². The van der Waals surface area contributed by atoms with Crippen LogP contribution in [-0.2, 0) is 4.79 Å². The van der Waals surface area contributed by atoms with Gasteiger partial charge in [0.1, 0.15) is 6.04 Å². The molecule has 2 N–H and O–H groups in total. The Balaban J connectivity index is 1.69. The molecule has 148 valence electrons. The molecule has 0 radical (unpaired) electrons. The molecule has 1 aliphatic rings. The molecule has 0 heterocycles. The predicted molar refractivity (Wildman–Crippen MR) is 112 cm³/mol. The quantitative estimate of drug-likeness (QED) is 0.791. The summed E-state index contributed by atoms with van der Waals surface area (Å²) in [6, 6.07) is 17.4. The molecular weight excluding hydrogens is 348 g/mol. The normalized spacial score (nSPS) is 20.0. The Morgan fingerprint density at radius 3 is 2.32 bits per heavy atom. The molecule has 1 saturated carbocycles. The second kappa shape index (κ2) is 9.05. The summed E-state index contributed by atoms with van der Waals surface area (Å²) < 4.78 is 0. The molecule has 0 spiro atoms. The molecule has 4 heteroatoms. The number of carbonyl (C=O) groups excluding carboxylic acids is 2.